The molecule has 0 atom stereocenters. The highest BCUT2D eigenvalue weighted by Crippen LogP contribution is 2.21. The van der Waals surface area contributed by atoms with Crippen LogP contribution in [0.5, 0.6) is 0 Å². The molecule has 1 rings (SSSR count). The molecule has 0 aliphatic rings. The second-order valence-electron chi connectivity index (χ2n) is 3.26. The first-order chi connectivity index (χ1) is 7.20. The van der Waals surface area contributed by atoms with E-state index in [9.17, 15) is 0 Å². The summed E-state index contributed by atoms with van der Waals surface area (Å²) < 4.78 is 0. The maximum Gasteiger partial charge on any atom is 0.0493 e. The zero-order valence-corrected chi connectivity index (χ0v) is 8.96. The molecule has 0 spiro atoms. The number of hydrogen-bond acceptors (Lipinski definition) is 0. The van der Waals surface area contributed by atoms with Crippen LogP contribution in [0.25, 0.3) is 5.57 Å². The number of benzene rings is 1. The van der Waals surface area contributed by atoms with E-state index in [0.29, 0.717) is 0 Å². The number of terminal acetylenes is 1. The molecule has 15 heavy (non-hydrogen) atoms. The highest BCUT2D eigenvalue weighted by atomic mass is 14.1. The van der Waals surface area contributed by atoms with E-state index in [1.165, 1.54) is 0 Å². The van der Waals surface area contributed by atoms with Crippen LogP contribution in [0.2, 0.25) is 0 Å². The lowest BCUT2D eigenvalue weighted by molar-refractivity contribution is 1.36. The Kier molecular flexibility index (Phi) is 3.75. The minimum atomic E-state index is 0.770. The quantitative estimate of drug-likeness (QED) is 0.382. The van der Waals surface area contributed by atoms with Crippen LogP contribution in [0.4, 0.5) is 0 Å². The average Bonchev–Trinajstić information content (AvgIpc) is 2.30. The van der Waals surface area contributed by atoms with E-state index >= 15 is 0 Å². The molecule has 0 amide bonds. The Morgan fingerprint density at radius 1 is 1.20 bits per heavy atom. The molecule has 0 saturated heterocycles. The van der Waals surface area contributed by atoms with Gasteiger partial charge in [0.2, 0.25) is 0 Å². The van der Waals surface area contributed by atoms with Crippen molar-refractivity contribution >= 4 is 5.57 Å². The minimum absolute atomic E-state index is 0.770. The van der Waals surface area contributed by atoms with Crippen molar-refractivity contribution in [1.29, 1.82) is 0 Å². The molecule has 0 fully saturated rings. The van der Waals surface area contributed by atoms with Crippen LogP contribution in [-0.2, 0) is 0 Å². The Morgan fingerprint density at radius 3 is 2.27 bits per heavy atom. The van der Waals surface area contributed by atoms with Gasteiger partial charge in [-0.05, 0) is 30.6 Å². The lowest BCUT2D eigenvalue weighted by atomic mass is 9.97. The van der Waals surface area contributed by atoms with Crippen LogP contribution in [0.15, 0.2) is 47.2 Å². The van der Waals surface area contributed by atoms with Gasteiger partial charge in [0.15, 0.2) is 0 Å². The fraction of sp³-hybridized carbons (Fsp3) is 0.133. The van der Waals surface area contributed by atoms with Crippen molar-refractivity contribution in [3.63, 3.8) is 0 Å². The number of hydrogen-bond donors (Lipinski definition) is 0. The van der Waals surface area contributed by atoms with Gasteiger partial charge in [0.05, 0.1) is 0 Å². The van der Waals surface area contributed by atoms with Crippen molar-refractivity contribution in [2.45, 2.75) is 13.8 Å². The summed E-state index contributed by atoms with van der Waals surface area (Å²) in [6, 6.07) is 9.78. The molecular weight excluding hydrogens is 180 g/mol. The smallest absolute Gasteiger partial charge is 0.0493 e. The van der Waals surface area contributed by atoms with Crippen molar-refractivity contribution in [2.75, 3.05) is 0 Å². The van der Waals surface area contributed by atoms with Crippen molar-refractivity contribution in [3.05, 3.63) is 59.4 Å². The fourth-order valence-corrected chi connectivity index (χ4v) is 1.29. The van der Waals surface area contributed by atoms with E-state index < -0.39 is 0 Å². The summed E-state index contributed by atoms with van der Waals surface area (Å²) in [5.41, 5.74) is 5.90. The summed E-state index contributed by atoms with van der Waals surface area (Å²) in [4.78, 5) is 0. The fourth-order valence-electron chi connectivity index (χ4n) is 1.29. The van der Waals surface area contributed by atoms with Gasteiger partial charge < -0.3 is 0 Å². The van der Waals surface area contributed by atoms with E-state index in [1.54, 1.807) is 0 Å². The molecule has 0 saturated carbocycles. The Hall–Kier alpha value is -1.96. The summed E-state index contributed by atoms with van der Waals surface area (Å²) >= 11 is 0. The Balaban J connectivity index is 3.34. The molecule has 72 valence electrons. The monoisotopic (exact) mass is 192 g/mol. The van der Waals surface area contributed by atoms with Gasteiger partial charge in [-0.15, -0.1) is 12.2 Å². The molecule has 1 aromatic rings. The Bertz CT molecular complexity index is 461. The maximum atomic E-state index is 7.08. The predicted molar refractivity (Wildman–Crippen MR) is 63.8 cm³/mol. The van der Waals surface area contributed by atoms with Crippen LogP contribution in [-0.4, -0.2) is 0 Å². The third kappa shape index (κ3) is 2.50. The van der Waals surface area contributed by atoms with Crippen LogP contribution in [0, 0.1) is 18.9 Å². The van der Waals surface area contributed by atoms with Crippen LogP contribution in [0.3, 0.4) is 0 Å². The first-order valence-electron chi connectivity index (χ1n) is 4.70. The average molecular weight is 192 g/mol. The minimum Gasteiger partial charge on any atom is -0.115 e. The molecule has 0 unspecified atom stereocenters. The zero-order chi connectivity index (χ0) is 11.3. The zero-order valence-electron chi connectivity index (χ0n) is 8.96. The van der Waals surface area contributed by atoms with Gasteiger partial charge in [0.25, 0.3) is 0 Å². The first-order valence-corrected chi connectivity index (χ1v) is 4.70. The number of allylic oxidation sites excluding steroid dienone is 3. The van der Waals surface area contributed by atoms with Gasteiger partial charge in [0.1, 0.15) is 0 Å². The lowest BCUT2D eigenvalue weighted by Crippen LogP contribution is -1.87. The van der Waals surface area contributed by atoms with E-state index in [0.717, 1.165) is 22.3 Å². The molecule has 0 aliphatic carbocycles. The van der Waals surface area contributed by atoms with Gasteiger partial charge in [-0.2, -0.15) is 0 Å². The molecule has 0 nitrogen and oxygen atoms in total. The predicted octanol–water partition coefficient (Wildman–Crippen LogP) is 3.50. The molecule has 0 heterocycles. The van der Waals surface area contributed by atoms with E-state index in [1.807, 2.05) is 44.2 Å². The second kappa shape index (κ2) is 5.05. The molecule has 0 aromatic heterocycles. The van der Waals surface area contributed by atoms with Crippen molar-refractivity contribution in [1.82, 2.24) is 0 Å². The van der Waals surface area contributed by atoms with Gasteiger partial charge in [0, 0.05) is 12.2 Å². The van der Waals surface area contributed by atoms with Gasteiger partial charge in [-0.25, -0.2) is 0 Å². The first kappa shape index (κ1) is 11.1. The third-order valence-electron chi connectivity index (χ3n) is 2.33. The standard InChI is InChI=1S/C15H12/c1-5-12(3)13(4)15(6-2)14-10-8-7-9-11-14/h2,7-11H,3-4H3/b15-13+. The molecule has 0 aliphatic heterocycles. The van der Waals surface area contributed by atoms with Gasteiger partial charge in [-0.3, -0.25) is 0 Å². The summed E-state index contributed by atoms with van der Waals surface area (Å²) in [7, 11) is 0. The van der Waals surface area contributed by atoms with Gasteiger partial charge >= 0.3 is 0 Å². The second-order valence-corrected chi connectivity index (χ2v) is 3.26. The maximum absolute atomic E-state index is 7.08. The molecule has 1 aromatic carbocycles. The van der Waals surface area contributed by atoms with Crippen LogP contribution >= 0.6 is 0 Å². The van der Waals surface area contributed by atoms with Crippen LogP contribution < -0.4 is 0 Å². The van der Waals surface area contributed by atoms with Crippen molar-refractivity contribution < 1.29 is 0 Å². The molecular formula is C15H12. The van der Waals surface area contributed by atoms with Crippen molar-refractivity contribution in [3.8, 4) is 12.3 Å². The molecule has 0 heteroatoms. The Morgan fingerprint density at radius 2 is 1.80 bits per heavy atom. The summed E-state index contributed by atoms with van der Waals surface area (Å²) in [5.74, 6) is 2.67. The SMILES string of the molecule is [C]=C=C(C)/C(C)=C(\C#C)c1ccccc1. The highest BCUT2D eigenvalue weighted by molar-refractivity contribution is 5.82. The Labute approximate surface area is 91.6 Å². The summed E-state index contributed by atoms with van der Waals surface area (Å²) in [5, 5.41) is 0. The van der Waals surface area contributed by atoms with E-state index in [4.69, 9.17) is 13.0 Å². The topological polar surface area (TPSA) is 0 Å². The summed E-state index contributed by atoms with van der Waals surface area (Å²) in [6.45, 7) is 10.8. The molecule has 0 N–H and O–H groups in total. The van der Waals surface area contributed by atoms with E-state index in [2.05, 4.69) is 11.7 Å². The normalized spacial score (nSPS) is 11.0. The van der Waals surface area contributed by atoms with E-state index in [-0.39, 0.29) is 0 Å². The molecule has 2 radical (unpaired) electrons. The van der Waals surface area contributed by atoms with Crippen LogP contribution in [0.1, 0.15) is 19.4 Å². The lowest BCUT2D eigenvalue weighted by Gasteiger charge is -2.05. The third-order valence-corrected chi connectivity index (χ3v) is 2.33. The van der Waals surface area contributed by atoms with Gasteiger partial charge in [-0.1, -0.05) is 36.3 Å². The number of rotatable bonds is 2. The largest absolute Gasteiger partial charge is 0.115 e. The highest BCUT2D eigenvalue weighted by Gasteiger charge is 2.03. The molecule has 0 bridgehead atoms. The van der Waals surface area contributed by atoms with Crippen molar-refractivity contribution in [2.24, 2.45) is 0 Å². The summed E-state index contributed by atoms with van der Waals surface area (Å²) in [6.07, 6.45) is 5.49.